The van der Waals surface area contributed by atoms with E-state index in [-0.39, 0.29) is 16.9 Å². The monoisotopic (exact) mass is 448 g/mol. The number of imidazole rings is 1. The van der Waals surface area contributed by atoms with Crippen LogP contribution in [0.2, 0.25) is 0 Å². The fourth-order valence-corrected chi connectivity index (χ4v) is 3.59. The molecule has 1 atom stereocenters. The molecule has 1 aromatic heterocycles. The number of benzene rings is 2. The predicted molar refractivity (Wildman–Crippen MR) is 116 cm³/mol. The predicted octanol–water partition coefficient (Wildman–Crippen LogP) is 2.37. The number of nitrogens with zero attached hydrogens (tertiary/aromatic N) is 4. The zero-order valence-corrected chi connectivity index (χ0v) is 17.6. The largest absolute Gasteiger partial charge is 0.344 e. The van der Waals surface area contributed by atoms with Gasteiger partial charge in [-0.25, -0.2) is 9.78 Å². The summed E-state index contributed by atoms with van der Waals surface area (Å²) >= 11 is 0. The van der Waals surface area contributed by atoms with E-state index in [0.29, 0.717) is 17.9 Å². The molecule has 0 radical (unpaired) electrons. The van der Waals surface area contributed by atoms with Crippen molar-refractivity contribution in [1.29, 1.82) is 0 Å². The number of hydrogen-bond acceptors (Lipinski definition) is 6. The van der Waals surface area contributed by atoms with Crippen LogP contribution in [0.4, 0.5) is 10.5 Å². The Hall–Kier alpha value is -4.54. The first-order valence-electron chi connectivity index (χ1n) is 10.1. The van der Waals surface area contributed by atoms with Crippen molar-refractivity contribution in [3.63, 3.8) is 0 Å². The molecule has 0 saturated carbocycles. The van der Waals surface area contributed by atoms with Gasteiger partial charge in [0.25, 0.3) is 17.5 Å². The second-order valence-corrected chi connectivity index (χ2v) is 7.76. The van der Waals surface area contributed by atoms with E-state index in [2.05, 4.69) is 15.7 Å². The van der Waals surface area contributed by atoms with Gasteiger partial charge in [-0.2, -0.15) is 5.01 Å². The van der Waals surface area contributed by atoms with E-state index in [1.54, 1.807) is 6.92 Å². The number of amides is 4. The van der Waals surface area contributed by atoms with Crippen molar-refractivity contribution in [3.8, 4) is 5.69 Å². The summed E-state index contributed by atoms with van der Waals surface area (Å²) in [6.45, 7) is 1.59. The van der Waals surface area contributed by atoms with E-state index in [1.165, 1.54) is 35.4 Å². The highest BCUT2D eigenvalue weighted by atomic mass is 16.6. The van der Waals surface area contributed by atoms with Crippen LogP contribution in [0, 0.1) is 10.1 Å². The van der Waals surface area contributed by atoms with Crippen LogP contribution in [-0.2, 0) is 11.2 Å². The Bertz CT molecular complexity index is 1230. The smallest absolute Gasteiger partial charge is 0.322 e. The van der Waals surface area contributed by atoms with E-state index in [4.69, 9.17) is 0 Å². The number of hydrogen-bond donors (Lipinski definition) is 2. The number of nitro benzene ring substituents is 1. The first-order chi connectivity index (χ1) is 15.8. The number of carbonyl (C=O) groups is 3. The number of imide groups is 1. The van der Waals surface area contributed by atoms with Crippen LogP contribution in [0.25, 0.3) is 5.69 Å². The lowest BCUT2D eigenvalue weighted by atomic mass is 9.93. The molecule has 168 valence electrons. The SMILES string of the molecule is CC1(CCc2ccccc2)NC(=O)N(NC(=O)c2ccc(-n3ccnc3)c([N+](=O)[O-])c2)C1=O. The second kappa shape index (κ2) is 8.54. The van der Waals surface area contributed by atoms with Gasteiger partial charge in [0.2, 0.25) is 0 Å². The number of aryl methyl sites for hydroxylation is 1. The van der Waals surface area contributed by atoms with Crippen LogP contribution in [0.5, 0.6) is 0 Å². The van der Waals surface area contributed by atoms with E-state index < -0.39 is 28.3 Å². The minimum atomic E-state index is -1.20. The molecular weight excluding hydrogens is 428 g/mol. The van der Waals surface area contributed by atoms with E-state index in [0.717, 1.165) is 11.6 Å². The molecule has 1 fully saturated rings. The number of urea groups is 1. The quantitative estimate of drug-likeness (QED) is 0.323. The highest BCUT2D eigenvalue weighted by Crippen LogP contribution is 2.25. The zero-order chi connectivity index (χ0) is 23.6. The molecule has 0 spiro atoms. The first-order valence-corrected chi connectivity index (χ1v) is 10.1. The Balaban J connectivity index is 1.50. The Labute approximate surface area is 188 Å². The van der Waals surface area contributed by atoms with Crippen molar-refractivity contribution >= 4 is 23.5 Å². The number of nitro groups is 1. The van der Waals surface area contributed by atoms with Gasteiger partial charge in [0, 0.05) is 24.0 Å². The molecule has 11 heteroatoms. The maximum Gasteiger partial charge on any atom is 0.344 e. The highest BCUT2D eigenvalue weighted by molar-refractivity contribution is 6.09. The maximum absolute atomic E-state index is 12.9. The van der Waals surface area contributed by atoms with Crippen LogP contribution in [0.1, 0.15) is 29.3 Å². The van der Waals surface area contributed by atoms with Crippen LogP contribution in [0.15, 0.2) is 67.3 Å². The van der Waals surface area contributed by atoms with Crippen molar-refractivity contribution in [2.45, 2.75) is 25.3 Å². The van der Waals surface area contributed by atoms with Gasteiger partial charge in [0.1, 0.15) is 11.2 Å². The Morgan fingerprint density at radius 1 is 1.21 bits per heavy atom. The van der Waals surface area contributed by atoms with Gasteiger partial charge in [-0.15, -0.1) is 0 Å². The van der Waals surface area contributed by atoms with Crippen molar-refractivity contribution < 1.29 is 19.3 Å². The topological polar surface area (TPSA) is 139 Å². The lowest BCUT2D eigenvalue weighted by Crippen LogP contribution is -2.49. The average molecular weight is 448 g/mol. The Morgan fingerprint density at radius 3 is 2.64 bits per heavy atom. The second-order valence-electron chi connectivity index (χ2n) is 7.76. The van der Waals surface area contributed by atoms with Gasteiger partial charge in [0.05, 0.1) is 11.3 Å². The number of carbonyl (C=O) groups excluding carboxylic acids is 3. The molecule has 0 aliphatic carbocycles. The molecule has 1 saturated heterocycles. The van der Waals surface area contributed by atoms with E-state index in [1.807, 2.05) is 30.3 Å². The number of rotatable bonds is 7. The van der Waals surface area contributed by atoms with Crippen LogP contribution in [0.3, 0.4) is 0 Å². The fraction of sp³-hybridized carbons (Fsp3) is 0.182. The van der Waals surface area contributed by atoms with Crippen molar-refractivity contribution in [3.05, 3.63) is 88.5 Å². The maximum atomic E-state index is 12.9. The lowest BCUT2D eigenvalue weighted by Gasteiger charge is -2.21. The summed E-state index contributed by atoms with van der Waals surface area (Å²) in [5.74, 6) is -1.44. The summed E-state index contributed by atoms with van der Waals surface area (Å²) in [6, 6.07) is 12.6. The van der Waals surface area contributed by atoms with Crippen molar-refractivity contribution in [2.24, 2.45) is 0 Å². The molecule has 3 aromatic rings. The van der Waals surface area contributed by atoms with Gasteiger partial charge in [-0.1, -0.05) is 30.3 Å². The van der Waals surface area contributed by atoms with Gasteiger partial charge in [0.15, 0.2) is 0 Å². The van der Waals surface area contributed by atoms with Gasteiger partial charge < -0.3 is 9.88 Å². The summed E-state index contributed by atoms with van der Waals surface area (Å²) in [6.07, 6.45) is 5.28. The summed E-state index contributed by atoms with van der Waals surface area (Å²) in [5.41, 5.74) is 1.88. The summed E-state index contributed by atoms with van der Waals surface area (Å²) < 4.78 is 1.44. The van der Waals surface area contributed by atoms with E-state index >= 15 is 0 Å². The van der Waals surface area contributed by atoms with Crippen LogP contribution >= 0.6 is 0 Å². The minimum Gasteiger partial charge on any atom is -0.322 e. The third kappa shape index (κ3) is 4.28. The molecule has 11 nitrogen and oxygen atoms in total. The fourth-order valence-electron chi connectivity index (χ4n) is 3.59. The zero-order valence-electron chi connectivity index (χ0n) is 17.6. The van der Waals surface area contributed by atoms with Gasteiger partial charge in [-0.05, 0) is 37.5 Å². The molecule has 33 heavy (non-hydrogen) atoms. The molecule has 4 rings (SSSR count). The number of aromatic nitrogens is 2. The Morgan fingerprint density at radius 2 is 1.97 bits per heavy atom. The van der Waals surface area contributed by atoms with Gasteiger partial charge >= 0.3 is 6.03 Å². The molecular formula is C22H20N6O5. The first kappa shape index (κ1) is 21.7. The number of nitrogens with one attached hydrogen (secondary N) is 2. The Kier molecular flexibility index (Phi) is 5.61. The summed E-state index contributed by atoms with van der Waals surface area (Å²) in [5, 5.41) is 14.8. The van der Waals surface area contributed by atoms with Crippen LogP contribution < -0.4 is 10.7 Å². The van der Waals surface area contributed by atoms with E-state index in [9.17, 15) is 24.5 Å². The standard InChI is InChI=1S/C22H20N6O5/c1-22(10-9-15-5-3-2-4-6-15)20(30)27(21(31)24-22)25-19(29)16-7-8-17(18(13-16)28(32)33)26-12-11-23-14-26/h2-8,11-14H,9-10H2,1H3,(H,24,31)(H,25,29). The van der Waals surface area contributed by atoms with Crippen LogP contribution in [-0.4, -0.2) is 42.9 Å². The lowest BCUT2D eigenvalue weighted by molar-refractivity contribution is -0.384. The molecule has 2 aromatic carbocycles. The van der Waals surface area contributed by atoms with Crippen molar-refractivity contribution in [1.82, 2.24) is 25.3 Å². The van der Waals surface area contributed by atoms with Crippen molar-refractivity contribution in [2.75, 3.05) is 0 Å². The third-order valence-electron chi connectivity index (χ3n) is 5.45. The minimum absolute atomic E-state index is 0.0796. The average Bonchev–Trinajstić information content (AvgIpc) is 3.41. The highest BCUT2D eigenvalue weighted by Gasteiger charge is 2.48. The molecule has 1 aliphatic rings. The molecule has 1 unspecified atom stereocenters. The summed E-state index contributed by atoms with van der Waals surface area (Å²) in [4.78, 5) is 52.8. The molecule has 4 amide bonds. The molecule has 2 heterocycles. The molecule has 0 bridgehead atoms. The normalized spacial score (nSPS) is 17.7. The summed E-state index contributed by atoms with van der Waals surface area (Å²) in [7, 11) is 0. The number of hydrazine groups is 1. The third-order valence-corrected chi connectivity index (χ3v) is 5.45. The molecule has 1 aliphatic heterocycles. The molecule has 2 N–H and O–H groups in total. The van der Waals surface area contributed by atoms with Gasteiger partial charge in [-0.3, -0.25) is 25.1 Å².